The van der Waals surface area contributed by atoms with Crippen LogP contribution in [0.1, 0.15) is 31.1 Å². The van der Waals surface area contributed by atoms with E-state index in [-0.39, 0.29) is 6.10 Å². The number of likely N-dealkylation sites (N-methyl/N-ethyl adjacent to an activating group) is 1. The minimum absolute atomic E-state index is 0.149. The van der Waals surface area contributed by atoms with Crippen LogP contribution in [0.5, 0.6) is 0 Å². The summed E-state index contributed by atoms with van der Waals surface area (Å²) in [4.78, 5) is 2.20. The number of hydrogen-bond acceptors (Lipinski definition) is 3. The van der Waals surface area contributed by atoms with Gasteiger partial charge in [-0.25, -0.2) is 0 Å². The average Bonchev–Trinajstić information content (AvgIpc) is 2.61. The van der Waals surface area contributed by atoms with Crippen molar-refractivity contribution in [1.82, 2.24) is 4.90 Å². The molecule has 0 aromatic heterocycles. The van der Waals surface area contributed by atoms with Crippen molar-refractivity contribution in [3.8, 4) is 0 Å². The highest BCUT2D eigenvalue weighted by molar-refractivity contribution is 5.29. The van der Waals surface area contributed by atoms with Gasteiger partial charge in [0.25, 0.3) is 0 Å². The summed E-state index contributed by atoms with van der Waals surface area (Å²) in [7, 11) is 0. The third kappa shape index (κ3) is 5.47. The fraction of sp³-hybridized carbons (Fsp3) is 0.400. The number of hydrogen-bond donors (Lipinski definition) is 1. The Kier molecular flexibility index (Phi) is 7.27. The standard InChI is InChI=1S/C20H27NO2/c1-3-21(4-2)15-19(22)16-23-20(17-11-7-5-8-12-17)18-13-9-6-10-14-18/h5-14,19-20,22H,3-4,15-16H2,1-2H3/t19-/m1/s1. The molecule has 23 heavy (non-hydrogen) atoms. The Morgan fingerprint density at radius 1 is 0.870 bits per heavy atom. The van der Waals surface area contributed by atoms with Crippen LogP contribution in [-0.2, 0) is 4.74 Å². The van der Waals surface area contributed by atoms with Crippen molar-refractivity contribution in [2.75, 3.05) is 26.2 Å². The van der Waals surface area contributed by atoms with Gasteiger partial charge in [-0.05, 0) is 24.2 Å². The number of nitrogens with zero attached hydrogens (tertiary/aromatic N) is 1. The Morgan fingerprint density at radius 3 is 1.78 bits per heavy atom. The highest BCUT2D eigenvalue weighted by atomic mass is 16.5. The lowest BCUT2D eigenvalue weighted by Gasteiger charge is -2.24. The van der Waals surface area contributed by atoms with E-state index in [9.17, 15) is 5.11 Å². The second kappa shape index (κ2) is 9.46. The smallest absolute Gasteiger partial charge is 0.108 e. The van der Waals surface area contributed by atoms with Crippen molar-refractivity contribution in [2.45, 2.75) is 26.1 Å². The van der Waals surface area contributed by atoms with E-state index in [1.165, 1.54) is 0 Å². The van der Waals surface area contributed by atoms with Crippen LogP contribution < -0.4 is 0 Å². The maximum absolute atomic E-state index is 10.3. The van der Waals surface area contributed by atoms with Crippen LogP contribution in [-0.4, -0.2) is 42.4 Å². The Bertz CT molecular complexity index is 501. The van der Waals surface area contributed by atoms with Gasteiger partial charge >= 0.3 is 0 Å². The summed E-state index contributed by atoms with van der Waals surface area (Å²) >= 11 is 0. The number of rotatable bonds is 9. The van der Waals surface area contributed by atoms with E-state index in [1.807, 2.05) is 36.4 Å². The molecule has 0 bridgehead atoms. The van der Waals surface area contributed by atoms with E-state index in [4.69, 9.17) is 4.74 Å². The maximum atomic E-state index is 10.3. The maximum Gasteiger partial charge on any atom is 0.108 e. The second-order valence-corrected chi connectivity index (χ2v) is 5.67. The predicted octanol–water partition coefficient (Wildman–Crippen LogP) is 3.50. The average molecular weight is 313 g/mol. The van der Waals surface area contributed by atoms with E-state index in [0.29, 0.717) is 13.2 Å². The molecule has 2 aromatic rings. The van der Waals surface area contributed by atoms with Crippen LogP contribution in [0.2, 0.25) is 0 Å². The van der Waals surface area contributed by atoms with E-state index in [2.05, 4.69) is 43.0 Å². The van der Waals surface area contributed by atoms with Gasteiger partial charge in [0.1, 0.15) is 6.10 Å². The van der Waals surface area contributed by atoms with E-state index in [0.717, 1.165) is 24.2 Å². The molecule has 0 saturated carbocycles. The summed E-state index contributed by atoms with van der Waals surface area (Å²) in [6.07, 6.45) is -0.631. The van der Waals surface area contributed by atoms with Crippen molar-refractivity contribution < 1.29 is 9.84 Å². The third-order valence-corrected chi connectivity index (χ3v) is 4.02. The van der Waals surface area contributed by atoms with Crippen LogP contribution >= 0.6 is 0 Å². The molecule has 0 aliphatic heterocycles. The van der Waals surface area contributed by atoms with Gasteiger partial charge in [0.2, 0.25) is 0 Å². The van der Waals surface area contributed by atoms with Crippen molar-refractivity contribution in [2.24, 2.45) is 0 Å². The first-order valence-electron chi connectivity index (χ1n) is 8.36. The first-order valence-corrected chi connectivity index (χ1v) is 8.36. The monoisotopic (exact) mass is 313 g/mol. The van der Waals surface area contributed by atoms with Crippen LogP contribution in [0, 0.1) is 0 Å². The van der Waals surface area contributed by atoms with Crippen molar-refractivity contribution in [1.29, 1.82) is 0 Å². The van der Waals surface area contributed by atoms with Gasteiger partial charge in [0.15, 0.2) is 0 Å². The zero-order chi connectivity index (χ0) is 16.5. The van der Waals surface area contributed by atoms with Crippen molar-refractivity contribution in [3.05, 3.63) is 71.8 Å². The lowest BCUT2D eigenvalue weighted by Crippen LogP contribution is -2.35. The van der Waals surface area contributed by atoms with E-state index < -0.39 is 6.10 Å². The number of ether oxygens (including phenoxy) is 1. The van der Waals surface area contributed by atoms with Gasteiger partial charge in [0, 0.05) is 6.54 Å². The second-order valence-electron chi connectivity index (χ2n) is 5.67. The first kappa shape index (κ1) is 17.7. The lowest BCUT2D eigenvalue weighted by molar-refractivity contribution is -0.00720. The zero-order valence-electron chi connectivity index (χ0n) is 14.1. The topological polar surface area (TPSA) is 32.7 Å². The molecule has 0 saturated heterocycles. The molecule has 124 valence electrons. The summed E-state index contributed by atoms with van der Waals surface area (Å²) in [6.45, 7) is 7.05. The summed E-state index contributed by atoms with van der Waals surface area (Å²) in [5.41, 5.74) is 2.21. The minimum Gasteiger partial charge on any atom is -0.389 e. The summed E-state index contributed by atoms with van der Waals surface area (Å²) in [6, 6.07) is 20.3. The number of aliphatic hydroxyl groups excluding tert-OH is 1. The minimum atomic E-state index is -0.482. The summed E-state index contributed by atoms with van der Waals surface area (Å²) < 4.78 is 6.09. The Hall–Kier alpha value is -1.68. The SMILES string of the molecule is CCN(CC)C[C@@H](O)COC(c1ccccc1)c1ccccc1. The van der Waals surface area contributed by atoms with Crippen molar-refractivity contribution >= 4 is 0 Å². The molecule has 2 rings (SSSR count). The van der Waals surface area contributed by atoms with Crippen LogP contribution in [0.3, 0.4) is 0 Å². The fourth-order valence-electron chi connectivity index (χ4n) is 2.68. The van der Waals surface area contributed by atoms with Gasteiger partial charge in [0.05, 0.1) is 12.7 Å². The van der Waals surface area contributed by atoms with Gasteiger partial charge < -0.3 is 14.7 Å². The molecule has 2 aromatic carbocycles. The van der Waals surface area contributed by atoms with Crippen molar-refractivity contribution in [3.63, 3.8) is 0 Å². The molecule has 1 atom stereocenters. The molecule has 0 aliphatic rings. The Labute approximate surface area is 139 Å². The fourth-order valence-corrected chi connectivity index (χ4v) is 2.68. The molecule has 0 amide bonds. The molecular weight excluding hydrogens is 286 g/mol. The molecule has 3 heteroatoms. The molecule has 0 spiro atoms. The lowest BCUT2D eigenvalue weighted by atomic mass is 10.0. The van der Waals surface area contributed by atoms with E-state index in [1.54, 1.807) is 0 Å². The Morgan fingerprint density at radius 2 is 1.35 bits per heavy atom. The molecule has 0 aliphatic carbocycles. The largest absolute Gasteiger partial charge is 0.389 e. The third-order valence-electron chi connectivity index (χ3n) is 4.02. The van der Waals surface area contributed by atoms with Gasteiger partial charge in [-0.15, -0.1) is 0 Å². The quantitative estimate of drug-likeness (QED) is 0.769. The summed E-state index contributed by atoms with van der Waals surface area (Å²) in [5.74, 6) is 0. The zero-order valence-corrected chi connectivity index (χ0v) is 14.1. The van der Waals surface area contributed by atoms with Crippen LogP contribution in [0.15, 0.2) is 60.7 Å². The molecule has 0 unspecified atom stereocenters. The van der Waals surface area contributed by atoms with Crippen LogP contribution in [0.4, 0.5) is 0 Å². The van der Waals surface area contributed by atoms with Crippen LogP contribution in [0.25, 0.3) is 0 Å². The highest BCUT2D eigenvalue weighted by Crippen LogP contribution is 2.25. The van der Waals surface area contributed by atoms with Gasteiger partial charge in [-0.1, -0.05) is 74.5 Å². The summed E-state index contributed by atoms with van der Waals surface area (Å²) in [5, 5.41) is 10.3. The molecule has 3 nitrogen and oxygen atoms in total. The van der Waals surface area contributed by atoms with E-state index >= 15 is 0 Å². The number of benzene rings is 2. The first-order chi connectivity index (χ1) is 11.2. The molecular formula is C20H27NO2. The number of aliphatic hydroxyl groups is 1. The molecule has 0 fully saturated rings. The molecule has 1 N–H and O–H groups in total. The van der Waals surface area contributed by atoms with Gasteiger partial charge in [-0.3, -0.25) is 0 Å². The van der Waals surface area contributed by atoms with Gasteiger partial charge in [-0.2, -0.15) is 0 Å². The highest BCUT2D eigenvalue weighted by Gasteiger charge is 2.17. The molecule has 0 heterocycles. The normalized spacial score (nSPS) is 12.7. The Balaban J connectivity index is 2.04. The predicted molar refractivity (Wildman–Crippen MR) is 94.5 cm³/mol. The molecule has 0 radical (unpaired) electrons.